The molecule has 16 heavy (non-hydrogen) atoms. The zero-order valence-electron chi connectivity index (χ0n) is 8.36. The number of fused-ring (bicyclic) bond motifs is 1. The van der Waals surface area contributed by atoms with Gasteiger partial charge >= 0.3 is 5.97 Å². The molecule has 80 valence electrons. The maximum absolute atomic E-state index is 11.1. The highest BCUT2D eigenvalue weighted by atomic mass is 79.9. The van der Waals surface area contributed by atoms with Crippen molar-refractivity contribution in [2.24, 2.45) is 0 Å². The highest BCUT2D eigenvalue weighted by Gasteiger charge is 2.19. The van der Waals surface area contributed by atoms with E-state index in [9.17, 15) is 4.79 Å². The van der Waals surface area contributed by atoms with Crippen LogP contribution in [0.4, 0.5) is 0 Å². The van der Waals surface area contributed by atoms with Crippen LogP contribution in [-0.4, -0.2) is 15.6 Å². The first kappa shape index (κ1) is 10.7. The average Bonchev–Trinajstić information content (AvgIpc) is 2.51. The minimum absolute atomic E-state index is 0.0237. The number of hydrogen-bond donors (Lipinski definition) is 1. The number of nitrogens with zero attached hydrogens (tertiary/aromatic N) is 2. The molecule has 0 fully saturated rings. The van der Waals surface area contributed by atoms with Gasteiger partial charge in [0.25, 0.3) is 0 Å². The van der Waals surface area contributed by atoms with E-state index in [-0.39, 0.29) is 5.69 Å². The van der Waals surface area contributed by atoms with Crippen molar-refractivity contribution < 1.29 is 9.90 Å². The molecule has 0 aliphatic rings. The number of carboxylic acid groups (broad SMARTS) is 1. The van der Waals surface area contributed by atoms with Crippen LogP contribution < -0.4 is 0 Å². The molecule has 0 atom stereocenters. The average molecular weight is 279 g/mol. The predicted octanol–water partition coefficient (Wildman–Crippen LogP) is 2.74. The van der Waals surface area contributed by atoms with Crippen LogP contribution in [0.2, 0.25) is 0 Å². The first-order valence-corrected chi connectivity index (χ1v) is 5.29. The molecule has 0 aliphatic heterocycles. The fraction of sp³-hybridized carbons (Fsp3) is 0.0909. The Morgan fingerprint density at radius 1 is 1.56 bits per heavy atom. The number of carbonyl (C=O) groups is 1. The molecule has 0 saturated carbocycles. The molecule has 0 bridgehead atoms. The maximum Gasteiger partial charge on any atom is 0.353 e. The summed E-state index contributed by atoms with van der Waals surface area (Å²) in [7, 11) is 0. The van der Waals surface area contributed by atoms with Crippen molar-refractivity contribution in [1.29, 1.82) is 5.26 Å². The Bertz CT molecular complexity index is 637. The van der Waals surface area contributed by atoms with Crippen LogP contribution in [0.3, 0.4) is 0 Å². The molecule has 5 heteroatoms. The summed E-state index contributed by atoms with van der Waals surface area (Å²) < 4.78 is 1.99. The molecule has 0 unspecified atom stereocenters. The highest BCUT2D eigenvalue weighted by molar-refractivity contribution is 9.10. The van der Waals surface area contributed by atoms with Crippen molar-refractivity contribution in [3.8, 4) is 6.19 Å². The van der Waals surface area contributed by atoms with Crippen LogP contribution in [0, 0.1) is 18.4 Å². The Morgan fingerprint density at radius 2 is 2.25 bits per heavy atom. The molecule has 2 rings (SSSR count). The Labute approximate surface area is 99.8 Å². The van der Waals surface area contributed by atoms with Crippen LogP contribution in [0.25, 0.3) is 10.9 Å². The second-order valence-corrected chi connectivity index (χ2v) is 4.29. The molecular formula is C11H7BrN2O2. The molecule has 1 aromatic carbocycles. The zero-order valence-corrected chi connectivity index (χ0v) is 9.95. The third-order valence-electron chi connectivity index (χ3n) is 2.48. The number of halogens is 1. The molecule has 0 saturated heterocycles. The van der Waals surface area contributed by atoms with E-state index in [1.807, 2.05) is 12.3 Å². The van der Waals surface area contributed by atoms with Crippen molar-refractivity contribution in [3.05, 3.63) is 33.9 Å². The number of carboxylic acids is 1. The van der Waals surface area contributed by atoms with E-state index in [4.69, 9.17) is 10.4 Å². The second kappa shape index (κ2) is 3.65. The summed E-state index contributed by atoms with van der Waals surface area (Å²) >= 11 is 3.32. The highest BCUT2D eigenvalue weighted by Crippen LogP contribution is 2.27. The molecule has 2 aromatic rings. The minimum Gasteiger partial charge on any atom is -0.477 e. The number of aromatic carboxylic acids is 1. The Morgan fingerprint density at radius 3 is 2.81 bits per heavy atom. The van der Waals surface area contributed by atoms with E-state index in [0.29, 0.717) is 11.1 Å². The summed E-state index contributed by atoms with van der Waals surface area (Å²) in [5.41, 5.74) is 1.24. The molecule has 0 spiro atoms. The maximum atomic E-state index is 11.1. The first-order valence-electron chi connectivity index (χ1n) is 4.50. The van der Waals surface area contributed by atoms with Crippen LogP contribution in [0.1, 0.15) is 16.1 Å². The topological polar surface area (TPSA) is 66.0 Å². The third kappa shape index (κ3) is 1.39. The Hall–Kier alpha value is -1.80. The van der Waals surface area contributed by atoms with E-state index in [1.54, 1.807) is 19.1 Å². The van der Waals surface area contributed by atoms with Gasteiger partial charge in [-0.05, 0) is 30.7 Å². The molecule has 0 radical (unpaired) electrons. The molecule has 1 N–H and O–H groups in total. The van der Waals surface area contributed by atoms with E-state index in [1.165, 1.54) is 0 Å². The lowest BCUT2D eigenvalue weighted by molar-refractivity contribution is 0.0688. The van der Waals surface area contributed by atoms with Crippen molar-refractivity contribution in [1.82, 2.24) is 4.57 Å². The zero-order chi connectivity index (χ0) is 11.9. The van der Waals surface area contributed by atoms with Gasteiger partial charge in [-0.25, -0.2) is 9.36 Å². The van der Waals surface area contributed by atoms with Gasteiger partial charge < -0.3 is 5.11 Å². The van der Waals surface area contributed by atoms with Gasteiger partial charge in [-0.15, -0.1) is 0 Å². The van der Waals surface area contributed by atoms with Crippen LogP contribution in [-0.2, 0) is 0 Å². The lowest BCUT2D eigenvalue weighted by atomic mass is 10.1. The van der Waals surface area contributed by atoms with Gasteiger partial charge in [0.15, 0.2) is 6.19 Å². The normalized spacial score (nSPS) is 10.3. The SMILES string of the molecule is Cc1c(C(=O)O)n(C#N)c2ccc(Br)cc12. The smallest absolute Gasteiger partial charge is 0.353 e. The Balaban J connectivity index is 2.98. The van der Waals surface area contributed by atoms with Crippen molar-refractivity contribution in [2.45, 2.75) is 6.92 Å². The van der Waals surface area contributed by atoms with Gasteiger partial charge in [-0.3, -0.25) is 0 Å². The minimum atomic E-state index is -1.09. The number of nitriles is 1. The predicted molar refractivity (Wildman–Crippen MR) is 62.3 cm³/mol. The van der Waals surface area contributed by atoms with Crippen molar-refractivity contribution in [2.75, 3.05) is 0 Å². The van der Waals surface area contributed by atoms with Gasteiger partial charge in [0.05, 0.1) is 5.52 Å². The number of aromatic nitrogens is 1. The lowest BCUT2D eigenvalue weighted by Crippen LogP contribution is -2.05. The van der Waals surface area contributed by atoms with E-state index in [0.717, 1.165) is 14.4 Å². The van der Waals surface area contributed by atoms with Crippen molar-refractivity contribution in [3.63, 3.8) is 0 Å². The number of rotatable bonds is 1. The van der Waals surface area contributed by atoms with Gasteiger partial charge in [-0.1, -0.05) is 15.9 Å². The first-order chi connectivity index (χ1) is 7.56. The lowest BCUT2D eigenvalue weighted by Gasteiger charge is -1.95. The van der Waals surface area contributed by atoms with Gasteiger partial charge in [0.1, 0.15) is 5.69 Å². The van der Waals surface area contributed by atoms with E-state index >= 15 is 0 Å². The quantitative estimate of drug-likeness (QED) is 0.872. The van der Waals surface area contributed by atoms with Gasteiger partial charge in [-0.2, -0.15) is 5.26 Å². The molecule has 4 nitrogen and oxygen atoms in total. The number of hydrogen-bond acceptors (Lipinski definition) is 2. The summed E-state index contributed by atoms with van der Waals surface area (Å²) in [4.78, 5) is 11.1. The van der Waals surface area contributed by atoms with E-state index in [2.05, 4.69) is 15.9 Å². The fourth-order valence-corrected chi connectivity index (χ4v) is 2.14. The molecule has 0 aliphatic carbocycles. The van der Waals surface area contributed by atoms with E-state index < -0.39 is 5.97 Å². The van der Waals surface area contributed by atoms with Crippen LogP contribution in [0.15, 0.2) is 22.7 Å². The standard InChI is InChI=1S/C11H7BrN2O2/c1-6-8-4-7(12)2-3-9(8)14(5-13)10(6)11(15)16/h2-4H,1H3,(H,15,16). The number of aryl methyl sites for hydroxylation is 1. The summed E-state index contributed by atoms with van der Waals surface area (Å²) in [6, 6.07) is 5.31. The molecular weight excluding hydrogens is 272 g/mol. The third-order valence-corrected chi connectivity index (χ3v) is 2.98. The van der Waals surface area contributed by atoms with Gasteiger partial charge in [0, 0.05) is 9.86 Å². The van der Waals surface area contributed by atoms with Crippen molar-refractivity contribution >= 4 is 32.8 Å². The molecule has 0 amide bonds. The van der Waals surface area contributed by atoms with Crippen LogP contribution in [0.5, 0.6) is 0 Å². The summed E-state index contributed by atoms with van der Waals surface area (Å²) in [6.07, 6.45) is 1.88. The summed E-state index contributed by atoms with van der Waals surface area (Å²) in [6.45, 7) is 1.70. The largest absolute Gasteiger partial charge is 0.477 e. The fourth-order valence-electron chi connectivity index (χ4n) is 1.78. The second-order valence-electron chi connectivity index (χ2n) is 3.38. The summed E-state index contributed by atoms with van der Waals surface area (Å²) in [5, 5.41) is 18.8. The van der Waals surface area contributed by atoms with Crippen LogP contribution >= 0.6 is 15.9 Å². The summed E-state index contributed by atoms with van der Waals surface area (Å²) in [5.74, 6) is -1.09. The molecule has 1 heterocycles. The number of benzene rings is 1. The van der Waals surface area contributed by atoms with Gasteiger partial charge in [0.2, 0.25) is 0 Å². The monoisotopic (exact) mass is 278 g/mol. The molecule has 1 aromatic heterocycles. The Kier molecular flexibility index (Phi) is 2.44.